The molecule has 2 rings (SSSR count). The van der Waals surface area contributed by atoms with Crippen LogP contribution in [0.15, 0.2) is 42.5 Å². The van der Waals surface area contributed by atoms with Gasteiger partial charge < -0.3 is 10.6 Å². The van der Waals surface area contributed by atoms with E-state index < -0.39 is 0 Å². The van der Waals surface area contributed by atoms with Gasteiger partial charge in [0.15, 0.2) is 0 Å². The second kappa shape index (κ2) is 6.41. The fourth-order valence-corrected chi connectivity index (χ4v) is 2.19. The molecule has 0 aliphatic carbocycles. The minimum Gasteiger partial charge on any atom is -0.326 e. The normalized spacial score (nSPS) is 10.0. The highest BCUT2D eigenvalue weighted by atomic mass is 35.5. The monoisotopic (exact) mass is 302 g/mol. The summed E-state index contributed by atoms with van der Waals surface area (Å²) in [5.74, 6) is -0.288. The fourth-order valence-electron chi connectivity index (χ4n) is 1.97. The topological polar surface area (TPSA) is 58.2 Å². The van der Waals surface area contributed by atoms with E-state index in [0.29, 0.717) is 10.7 Å². The predicted molar refractivity (Wildman–Crippen MR) is 85.5 cm³/mol. The summed E-state index contributed by atoms with van der Waals surface area (Å²) in [5, 5.41) is 5.86. The Morgan fingerprint density at radius 3 is 2.19 bits per heavy atom. The van der Waals surface area contributed by atoms with Crippen LogP contribution in [0.4, 0.5) is 11.4 Å². The number of hydrogen-bond donors (Lipinski definition) is 2. The summed E-state index contributed by atoms with van der Waals surface area (Å²) < 4.78 is 0. The molecule has 0 unspecified atom stereocenters. The standard InChI is InChI=1S/C16H15ClN2O2/c1-10(20)18-14-5-3-4-12(8-14)13-6-7-16(15(17)9-13)19-11(2)21/h3-9H,1-2H3,(H,18,20)(H,19,21). The number of carbonyl (C=O) groups excluding carboxylic acids is 2. The average molecular weight is 303 g/mol. The van der Waals surface area contributed by atoms with E-state index in [4.69, 9.17) is 11.6 Å². The van der Waals surface area contributed by atoms with E-state index in [1.165, 1.54) is 13.8 Å². The van der Waals surface area contributed by atoms with Gasteiger partial charge in [-0.15, -0.1) is 0 Å². The van der Waals surface area contributed by atoms with Crippen molar-refractivity contribution in [2.75, 3.05) is 10.6 Å². The molecule has 0 saturated carbocycles. The Balaban J connectivity index is 2.32. The molecule has 0 saturated heterocycles. The maximum Gasteiger partial charge on any atom is 0.221 e. The molecule has 0 spiro atoms. The van der Waals surface area contributed by atoms with Gasteiger partial charge in [-0.05, 0) is 35.4 Å². The third kappa shape index (κ3) is 4.07. The van der Waals surface area contributed by atoms with Gasteiger partial charge in [-0.25, -0.2) is 0 Å². The van der Waals surface area contributed by atoms with Crippen molar-refractivity contribution in [3.63, 3.8) is 0 Å². The molecule has 2 aromatic carbocycles. The van der Waals surface area contributed by atoms with Crippen molar-refractivity contribution in [3.05, 3.63) is 47.5 Å². The second-order valence-corrected chi connectivity index (χ2v) is 5.05. The number of nitrogens with one attached hydrogen (secondary N) is 2. The zero-order valence-electron chi connectivity index (χ0n) is 11.7. The van der Waals surface area contributed by atoms with Crippen LogP contribution in [0.1, 0.15) is 13.8 Å². The van der Waals surface area contributed by atoms with E-state index in [9.17, 15) is 9.59 Å². The Morgan fingerprint density at radius 2 is 1.57 bits per heavy atom. The number of rotatable bonds is 3. The third-order valence-electron chi connectivity index (χ3n) is 2.80. The molecule has 0 atom stereocenters. The van der Waals surface area contributed by atoms with E-state index in [-0.39, 0.29) is 11.8 Å². The summed E-state index contributed by atoms with van der Waals surface area (Å²) in [4.78, 5) is 22.1. The van der Waals surface area contributed by atoms with Crippen molar-refractivity contribution in [3.8, 4) is 11.1 Å². The summed E-state index contributed by atoms with van der Waals surface area (Å²) >= 11 is 6.16. The highest BCUT2D eigenvalue weighted by Crippen LogP contribution is 2.30. The van der Waals surface area contributed by atoms with Crippen LogP contribution in [0.3, 0.4) is 0 Å². The molecule has 0 radical (unpaired) electrons. The Kier molecular flexibility index (Phi) is 4.60. The van der Waals surface area contributed by atoms with Crippen LogP contribution in [0.25, 0.3) is 11.1 Å². The highest BCUT2D eigenvalue weighted by molar-refractivity contribution is 6.34. The van der Waals surface area contributed by atoms with Crippen LogP contribution < -0.4 is 10.6 Å². The van der Waals surface area contributed by atoms with Crippen LogP contribution in [0, 0.1) is 0 Å². The molecule has 2 amide bonds. The number of carbonyl (C=O) groups is 2. The molecule has 108 valence electrons. The number of hydrogen-bond acceptors (Lipinski definition) is 2. The summed E-state index contributed by atoms with van der Waals surface area (Å²) in [6, 6.07) is 12.9. The average Bonchev–Trinajstić information content (AvgIpc) is 2.40. The second-order valence-electron chi connectivity index (χ2n) is 4.64. The van der Waals surface area contributed by atoms with Gasteiger partial charge in [-0.2, -0.15) is 0 Å². The first-order valence-corrected chi connectivity index (χ1v) is 6.78. The lowest BCUT2D eigenvalue weighted by atomic mass is 10.0. The fraction of sp³-hybridized carbons (Fsp3) is 0.125. The summed E-state index contributed by atoms with van der Waals surface area (Å²) in [7, 11) is 0. The van der Waals surface area contributed by atoms with Gasteiger partial charge in [0.05, 0.1) is 10.7 Å². The lowest BCUT2D eigenvalue weighted by Gasteiger charge is -2.09. The first-order chi connectivity index (χ1) is 9.95. The Bertz CT molecular complexity index is 698. The Morgan fingerprint density at radius 1 is 0.905 bits per heavy atom. The van der Waals surface area contributed by atoms with Gasteiger partial charge in [-0.3, -0.25) is 9.59 Å². The van der Waals surface area contributed by atoms with Crippen molar-refractivity contribution >= 4 is 34.8 Å². The van der Waals surface area contributed by atoms with Crippen LogP contribution in [-0.2, 0) is 9.59 Å². The molecule has 0 aliphatic heterocycles. The summed E-state index contributed by atoms with van der Waals surface area (Å²) in [6.07, 6.45) is 0. The smallest absolute Gasteiger partial charge is 0.221 e. The molecule has 5 heteroatoms. The molecular weight excluding hydrogens is 288 g/mol. The number of halogens is 1. The number of benzene rings is 2. The molecular formula is C16H15ClN2O2. The van der Waals surface area contributed by atoms with E-state index in [1.54, 1.807) is 12.1 Å². The molecule has 2 aromatic rings. The lowest BCUT2D eigenvalue weighted by molar-refractivity contribution is -0.115. The first-order valence-electron chi connectivity index (χ1n) is 6.41. The van der Waals surface area contributed by atoms with Gasteiger partial charge in [0.25, 0.3) is 0 Å². The van der Waals surface area contributed by atoms with Crippen molar-refractivity contribution in [2.45, 2.75) is 13.8 Å². The van der Waals surface area contributed by atoms with Crippen molar-refractivity contribution in [2.24, 2.45) is 0 Å². The molecule has 0 heterocycles. The van der Waals surface area contributed by atoms with Crippen molar-refractivity contribution in [1.82, 2.24) is 0 Å². The quantitative estimate of drug-likeness (QED) is 0.902. The van der Waals surface area contributed by atoms with Gasteiger partial charge in [-0.1, -0.05) is 29.8 Å². The van der Waals surface area contributed by atoms with Gasteiger partial charge in [0.1, 0.15) is 0 Å². The highest BCUT2D eigenvalue weighted by Gasteiger charge is 2.06. The number of amides is 2. The molecule has 0 aromatic heterocycles. The van der Waals surface area contributed by atoms with Crippen LogP contribution in [0.2, 0.25) is 5.02 Å². The van der Waals surface area contributed by atoms with Gasteiger partial charge in [0.2, 0.25) is 11.8 Å². The Hall–Kier alpha value is -2.33. The summed E-state index contributed by atoms with van der Waals surface area (Å²) in [5.41, 5.74) is 3.13. The van der Waals surface area contributed by atoms with Crippen LogP contribution in [-0.4, -0.2) is 11.8 Å². The third-order valence-corrected chi connectivity index (χ3v) is 3.11. The van der Waals surface area contributed by atoms with E-state index in [0.717, 1.165) is 16.8 Å². The zero-order valence-corrected chi connectivity index (χ0v) is 12.5. The number of anilines is 2. The SMILES string of the molecule is CC(=O)Nc1cccc(-c2ccc(NC(C)=O)c(Cl)c2)c1. The van der Waals surface area contributed by atoms with E-state index in [2.05, 4.69) is 10.6 Å². The Labute approximate surface area is 128 Å². The molecule has 2 N–H and O–H groups in total. The van der Waals surface area contributed by atoms with Crippen LogP contribution >= 0.6 is 11.6 Å². The molecule has 0 bridgehead atoms. The predicted octanol–water partition coefficient (Wildman–Crippen LogP) is 3.92. The van der Waals surface area contributed by atoms with Crippen molar-refractivity contribution in [1.29, 1.82) is 0 Å². The van der Waals surface area contributed by atoms with E-state index >= 15 is 0 Å². The molecule has 0 fully saturated rings. The maximum atomic E-state index is 11.1. The summed E-state index contributed by atoms with van der Waals surface area (Å²) in [6.45, 7) is 2.90. The lowest BCUT2D eigenvalue weighted by Crippen LogP contribution is -2.06. The minimum absolute atomic E-state index is 0.119. The van der Waals surface area contributed by atoms with Gasteiger partial charge in [0, 0.05) is 19.5 Å². The van der Waals surface area contributed by atoms with E-state index in [1.807, 2.05) is 30.3 Å². The molecule has 21 heavy (non-hydrogen) atoms. The first kappa shape index (κ1) is 15.1. The largest absolute Gasteiger partial charge is 0.326 e. The van der Waals surface area contributed by atoms with Gasteiger partial charge >= 0.3 is 0 Å². The van der Waals surface area contributed by atoms with Crippen LogP contribution in [0.5, 0.6) is 0 Å². The molecule has 4 nitrogen and oxygen atoms in total. The zero-order chi connectivity index (χ0) is 15.4. The minimum atomic E-state index is -0.169. The molecule has 0 aliphatic rings. The van der Waals surface area contributed by atoms with Crippen molar-refractivity contribution < 1.29 is 9.59 Å². The maximum absolute atomic E-state index is 11.1.